The Morgan fingerprint density at radius 3 is 1.90 bits per heavy atom. The van der Waals surface area contributed by atoms with Crippen molar-refractivity contribution in [2.75, 3.05) is 10.8 Å². The monoisotopic (exact) mass is 753 g/mol. The molecule has 0 fully saturated rings. The number of hydrogen-bond donors (Lipinski definition) is 1. The molecular formula is C40H40BrN3O5S. The van der Waals surface area contributed by atoms with Crippen LogP contribution in [0, 0.1) is 0 Å². The highest BCUT2D eigenvalue weighted by Gasteiger charge is 2.35. The maximum absolute atomic E-state index is 14.7. The fourth-order valence-electron chi connectivity index (χ4n) is 5.34. The van der Waals surface area contributed by atoms with Gasteiger partial charge in [0.05, 0.1) is 10.6 Å². The first-order valence-electron chi connectivity index (χ1n) is 16.4. The Labute approximate surface area is 302 Å². The van der Waals surface area contributed by atoms with Gasteiger partial charge in [0.25, 0.3) is 10.0 Å². The first-order valence-corrected chi connectivity index (χ1v) is 18.7. The SMILES string of the molecule is CC[C@@H](C)NC(=O)[C@@H](Cc1ccccc1)N(Cc1ccc(Br)cc1)C(=O)CN(c1ccc(Oc2ccccc2)cc1)S(=O)(=O)c1ccccc1. The van der Waals surface area contributed by atoms with Crippen LogP contribution in [-0.4, -0.2) is 43.8 Å². The zero-order valence-corrected chi connectivity index (χ0v) is 30.4. The molecule has 0 saturated heterocycles. The number of hydrogen-bond acceptors (Lipinski definition) is 5. The Bertz CT molecular complexity index is 1940. The van der Waals surface area contributed by atoms with Crippen LogP contribution in [0.15, 0.2) is 149 Å². The second kappa shape index (κ2) is 17.1. The molecule has 0 saturated carbocycles. The van der Waals surface area contributed by atoms with Crippen molar-refractivity contribution in [1.82, 2.24) is 10.2 Å². The predicted octanol–water partition coefficient (Wildman–Crippen LogP) is 7.99. The summed E-state index contributed by atoms with van der Waals surface area (Å²) >= 11 is 3.47. The van der Waals surface area contributed by atoms with Gasteiger partial charge < -0.3 is 15.0 Å². The first-order chi connectivity index (χ1) is 24.1. The van der Waals surface area contributed by atoms with Gasteiger partial charge in [-0.3, -0.25) is 13.9 Å². The molecule has 2 amide bonds. The van der Waals surface area contributed by atoms with Gasteiger partial charge in [-0.1, -0.05) is 102 Å². The van der Waals surface area contributed by atoms with Crippen molar-refractivity contribution in [1.29, 1.82) is 0 Å². The van der Waals surface area contributed by atoms with Gasteiger partial charge in [-0.05, 0) is 85.1 Å². The molecule has 0 aliphatic carbocycles. The van der Waals surface area contributed by atoms with Gasteiger partial charge in [-0.15, -0.1) is 0 Å². The zero-order chi connectivity index (χ0) is 35.5. The lowest BCUT2D eigenvalue weighted by atomic mass is 10.0. The topological polar surface area (TPSA) is 96.0 Å². The van der Waals surface area contributed by atoms with Crippen molar-refractivity contribution >= 4 is 43.5 Å². The number of nitrogens with one attached hydrogen (secondary N) is 1. The van der Waals surface area contributed by atoms with Crippen LogP contribution in [0.2, 0.25) is 0 Å². The molecule has 5 aromatic rings. The summed E-state index contributed by atoms with van der Waals surface area (Å²) < 4.78 is 36.5. The number of amides is 2. The van der Waals surface area contributed by atoms with Crippen LogP contribution in [0.25, 0.3) is 0 Å². The Morgan fingerprint density at radius 2 is 1.30 bits per heavy atom. The van der Waals surface area contributed by atoms with E-state index in [1.54, 1.807) is 42.5 Å². The highest BCUT2D eigenvalue weighted by Crippen LogP contribution is 2.29. The second-order valence-corrected chi connectivity index (χ2v) is 14.7. The number of halogens is 1. The Hall–Kier alpha value is -4.93. The quantitative estimate of drug-likeness (QED) is 0.117. The summed E-state index contributed by atoms with van der Waals surface area (Å²) in [6.45, 7) is 3.43. The summed E-state index contributed by atoms with van der Waals surface area (Å²) in [4.78, 5) is 30.2. The van der Waals surface area contributed by atoms with Crippen LogP contribution < -0.4 is 14.4 Å². The van der Waals surface area contributed by atoms with Crippen LogP contribution in [-0.2, 0) is 32.6 Å². The van der Waals surface area contributed by atoms with Crippen molar-refractivity contribution in [3.05, 3.63) is 155 Å². The van der Waals surface area contributed by atoms with Crippen molar-refractivity contribution in [2.45, 2.75) is 50.2 Å². The lowest BCUT2D eigenvalue weighted by Crippen LogP contribution is -2.54. The third-order valence-corrected chi connectivity index (χ3v) is 10.6. The number of ether oxygens (including phenoxy) is 1. The van der Waals surface area contributed by atoms with Gasteiger partial charge in [0.1, 0.15) is 24.1 Å². The van der Waals surface area contributed by atoms with E-state index < -0.39 is 28.5 Å². The minimum atomic E-state index is -4.22. The third-order valence-electron chi connectivity index (χ3n) is 8.25. The van der Waals surface area contributed by atoms with Crippen LogP contribution in [0.5, 0.6) is 11.5 Å². The number of rotatable bonds is 15. The summed E-state index contributed by atoms with van der Waals surface area (Å²) in [5.74, 6) is 0.295. The third kappa shape index (κ3) is 9.61. The van der Waals surface area contributed by atoms with Crippen molar-refractivity contribution in [3.8, 4) is 11.5 Å². The summed E-state index contributed by atoms with van der Waals surface area (Å²) in [6.07, 6.45) is 0.944. The molecule has 5 rings (SSSR count). The molecule has 10 heteroatoms. The van der Waals surface area contributed by atoms with Gasteiger partial charge >= 0.3 is 0 Å². The number of carbonyl (C=O) groups excluding carboxylic acids is 2. The minimum absolute atomic E-state index is 0.0345. The second-order valence-electron chi connectivity index (χ2n) is 11.9. The maximum atomic E-state index is 14.7. The molecule has 0 bridgehead atoms. The minimum Gasteiger partial charge on any atom is -0.457 e. The van der Waals surface area contributed by atoms with Gasteiger partial charge in [-0.25, -0.2) is 8.42 Å². The van der Waals surface area contributed by atoms with Crippen molar-refractivity contribution in [2.24, 2.45) is 0 Å². The van der Waals surface area contributed by atoms with E-state index in [4.69, 9.17) is 4.74 Å². The van der Waals surface area contributed by atoms with Crippen molar-refractivity contribution < 1.29 is 22.7 Å². The fourth-order valence-corrected chi connectivity index (χ4v) is 7.03. The molecule has 258 valence electrons. The zero-order valence-electron chi connectivity index (χ0n) is 28.0. The summed E-state index contributed by atoms with van der Waals surface area (Å²) in [6, 6.07) is 39.7. The molecule has 0 heterocycles. The van der Waals surface area contributed by atoms with Crippen LogP contribution in [0.3, 0.4) is 0 Å². The molecule has 0 unspecified atom stereocenters. The van der Waals surface area contributed by atoms with E-state index in [1.807, 2.05) is 98.8 Å². The highest BCUT2D eigenvalue weighted by atomic mass is 79.9. The molecule has 2 atom stereocenters. The van der Waals surface area contributed by atoms with E-state index in [-0.39, 0.29) is 35.5 Å². The molecule has 5 aromatic carbocycles. The standard InChI is InChI=1S/C40H40BrN3O5S/c1-3-30(2)42-40(46)38(27-31-13-7-4-8-14-31)43(28-32-19-21-33(41)22-20-32)39(45)29-44(50(47,48)37-17-11-6-12-18-37)34-23-25-36(26-24-34)49-35-15-9-5-10-16-35/h4-26,30,38H,3,27-29H2,1-2H3,(H,42,46)/t30-,38-/m1/s1. The Kier molecular flexibility index (Phi) is 12.5. The van der Waals surface area contributed by atoms with E-state index in [0.29, 0.717) is 17.9 Å². The summed E-state index contributed by atoms with van der Waals surface area (Å²) in [5, 5.41) is 3.06. The van der Waals surface area contributed by atoms with Crippen LogP contribution in [0.4, 0.5) is 5.69 Å². The van der Waals surface area contributed by atoms with E-state index in [2.05, 4.69) is 21.2 Å². The fraction of sp³-hybridized carbons (Fsp3) is 0.200. The number of nitrogens with zero attached hydrogens (tertiary/aromatic N) is 2. The molecule has 0 aromatic heterocycles. The molecule has 0 radical (unpaired) electrons. The van der Waals surface area contributed by atoms with E-state index in [1.165, 1.54) is 17.0 Å². The Morgan fingerprint density at radius 1 is 0.740 bits per heavy atom. The smallest absolute Gasteiger partial charge is 0.264 e. The largest absolute Gasteiger partial charge is 0.457 e. The predicted molar refractivity (Wildman–Crippen MR) is 200 cm³/mol. The summed E-state index contributed by atoms with van der Waals surface area (Å²) in [7, 11) is -4.22. The van der Waals surface area contributed by atoms with E-state index in [0.717, 1.165) is 19.9 Å². The molecule has 0 aliphatic heterocycles. The van der Waals surface area contributed by atoms with Gasteiger partial charge in [0.15, 0.2) is 0 Å². The van der Waals surface area contributed by atoms with Gasteiger partial charge in [0.2, 0.25) is 11.8 Å². The molecule has 0 spiro atoms. The number of benzene rings is 5. The molecule has 1 N–H and O–H groups in total. The van der Waals surface area contributed by atoms with Gasteiger partial charge in [0, 0.05) is 23.5 Å². The lowest BCUT2D eigenvalue weighted by Gasteiger charge is -2.34. The van der Waals surface area contributed by atoms with Crippen molar-refractivity contribution in [3.63, 3.8) is 0 Å². The Balaban J connectivity index is 1.55. The number of para-hydroxylation sites is 1. The summed E-state index contributed by atoms with van der Waals surface area (Å²) in [5.41, 5.74) is 1.93. The number of sulfonamides is 1. The van der Waals surface area contributed by atoms with Gasteiger partial charge in [-0.2, -0.15) is 0 Å². The van der Waals surface area contributed by atoms with E-state index >= 15 is 0 Å². The normalized spacial score (nSPS) is 12.4. The highest BCUT2D eigenvalue weighted by molar-refractivity contribution is 9.10. The number of carbonyl (C=O) groups is 2. The molecule has 0 aliphatic rings. The molecular weight excluding hydrogens is 714 g/mol. The molecule has 8 nitrogen and oxygen atoms in total. The molecule has 50 heavy (non-hydrogen) atoms. The number of anilines is 1. The lowest BCUT2D eigenvalue weighted by molar-refractivity contribution is -0.140. The van der Waals surface area contributed by atoms with Crippen LogP contribution in [0.1, 0.15) is 31.4 Å². The average molecular weight is 755 g/mol. The van der Waals surface area contributed by atoms with E-state index in [9.17, 15) is 18.0 Å². The maximum Gasteiger partial charge on any atom is 0.264 e. The van der Waals surface area contributed by atoms with Crippen LogP contribution >= 0.6 is 15.9 Å². The average Bonchev–Trinajstić information content (AvgIpc) is 3.14. The first kappa shape index (κ1) is 36.4.